The molecule has 0 aliphatic rings. The Morgan fingerprint density at radius 1 is 0.865 bits per heavy atom. The van der Waals surface area contributed by atoms with Crippen LogP contribution in [0.2, 0.25) is 0 Å². The molecule has 0 aliphatic heterocycles. The lowest BCUT2D eigenvalue weighted by Gasteiger charge is -2.34. The van der Waals surface area contributed by atoms with Crippen molar-refractivity contribution in [2.45, 2.75) is 38.9 Å². The second-order valence-electron chi connectivity index (χ2n) is 9.10. The summed E-state index contributed by atoms with van der Waals surface area (Å²) < 4.78 is 40.6. The summed E-state index contributed by atoms with van der Waals surface area (Å²) in [6.07, 6.45) is 1.14. The average molecular weight is 526 g/mol. The van der Waals surface area contributed by atoms with E-state index in [1.165, 1.54) is 23.1 Å². The fourth-order valence-corrected chi connectivity index (χ4v) is 4.81. The van der Waals surface area contributed by atoms with Crippen molar-refractivity contribution in [1.29, 1.82) is 0 Å². The normalized spacial score (nSPS) is 12.1. The van der Waals surface area contributed by atoms with Crippen LogP contribution in [0.4, 0.5) is 10.1 Å². The van der Waals surface area contributed by atoms with Gasteiger partial charge in [0.25, 0.3) is 0 Å². The van der Waals surface area contributed by atoms with Gasteiger partial charge in [-0.3, -0.25) is 13.9 Å². The van der Waals surface area contributed by atoms with Gasteiger partial charge in [-0.25, -0.2) is 12.8 Å². The van der Waals surface area contributed by atoms with Crippen molar-refractivity contribution in [2.75, 3.05) is 17.1 Å². The summed E-state index contributed by atoms with van der Waals surface area (Å²) in [6, 6.07) is 22.7. The molecule has 0 aromatic heterocycles. The maximum atomic E-state index is 14.6. The van der Waals surface area contributed by atoms with Crippen molar-refractivity contribution < 1.29 is 22.4 Å². The number of sulfonamides is 1. The molecular weight excluding hydrogens is 493 g/mol. The molecule has 2 amide bonds. The molecule has 3 rings (SSSR count). The quantitative estimate of drug-likeness (QED) is 0.413. The fraction of sp³-hybridized carbons (Fsp3) is 0.286. The van der Waals surface area contributed by atoms with Crippen molar-refractivity contribution in [2.24, 2.45) is 0 Å². The highest BCUT2D eigenvalue weighted by atomic mass is 32.2. The van der Waals surface area contributed by atoms with Gasteiger partial charge >= 0.3 is 0 Å². The first-order valence-electron chi connectivity index (χ1n) is 12.0. The van der Waals surface area contributed by atoms with Crippen LogP contribution >= 0.6 is 0 Å². The van der Waals surface area contributed by atoms with Crippen molar-refractivity contribution >= 4 is 27.5 Å². The number of para-hydroxylation sites is 1. The lowest BCUT2D eigenvalue weighted by molar-refractivity contribution is -0.140. The highest BCUT2D eigenvalue weighted by Gasteiger charge is 2.33. The van der Waals surface area contributed by atoms with Crippen LogP contribution in [0.1, 0.15) is 25.0 Å². The monoisotopic (exact) mass is 525 g/mol. The van der Waals surface area contributed by atoms with Gasteiger partial charge in [-0.05, 0) is 37.1 Å². The summed E-state index contributed by atoms with van der Waals surface area (Å²) in [7, 11) is -4.02. The molecule has 3 aromatic carbocycles. The lowest BCUT2D eigenvalue weighted by atomic mass is 10.0. The molecule has 1 atom stereocenters. The van der Waals surface area contributed by atoms with Crippen LogP contribution in [0.25, 0.3) is 0 Å². The van der Waals surface area contributed by atoms with Crippen LogP contribution < -0.4 is 9.62 Å². The fourth-order valence-electron chi connectivity index (χ4n) is 3.96. The molecule has 0 unspecified atom stereocenters. The Labute approximate surface area is 218 Å². The molecule has 1 N–H and O–H groups in total. The number of hydrogen-bond acceptors (Lipinski definition) is 4. The number of nitrogens with one attached hydrogen (secondary N) is 1. The molecule has 7 nitrogen and oxygen atoms in total. The van der Waals surface area contributed by atoms with E-state index in [1.54, 1.807) is 0 Å². The van der Waals surface area contributed by atoms with E-state index in [0.717, 1.165) is 27.8 Å². The zero-order chi connectivity index (χ0) is 27.0. The Kier molecular flexibility index (Phi) is 9.41. The average Bonchev–Trinajstić information content (AvgIpc) is 2.85. The van der Waals surface area contributed by atoms with Crippen LogP contribution in [0, 0.1) is 5.82 Å². The minimum atomic E-state index is -4.02. The van der Waals surface area contributed by atoms with E-state index in [4.69, 9.17) is 0 Å². The summed E-state index contributed by atoms with van der Waals surface area (Å²) in [4.78, 5) is 28.6. The van der Waals surface area contributed by atoms with E-state index in [1.807, 2.05) is 74.5 Å². The third-order valence-electron chi connectivity index (χ3n) is 5.70. The SMILES string of the molecule is CC(C)NC(=O)[C@@H](Cc1ccccc1)N(Cc1ccccc1)C(=O)CN(c1ccccc1F)S(C)(=O)=O. The Bertz CT molecular complexity index is 1300. The summed E-state index contributed by atoms with van der Waals surface area (Å²) in [6.45, 7) is 3.05. The second-order valence-corrected chi connectivity index (χ2v) is 11.0. The standard InChI is InChI=1S/C28H32FN3O4S/c1-21(2)30-28(34)26(18-22-12-6-4-7-13-22)31(19-23-14-8-5-9-15-23)27(33)20-32(37(3,35)36)25-17-11-10-16-24(25)29/h4-17,21,26H,18-20H2,1-3H3,(H,30,34)/t26-/m1/s1. The molecule has 3 aromatic rings. The number of hydrogen-bond donors (Lipinski definition) is 1. The number of anilines is 1. The van der Waals surface area contributed by atoms with Crippen LogP contribution in [0.5, 0.6) is 0 Å². The maximum Gasteiger partial charge on any atom is 0.244 e. The van der Waals surface area contributed by atoms with Crippen LogP contribution in [0.3, 0.4) is 0 Å². The number of carbonyl (C=O) groups is 2. The molecule has 0 heterocycles. The van der Waals surface area contributed by atoms with Gasteiger partial charge in [0, 0.05) is 19.0 Å². The summed E-state index contributed by atoms with van der Waals surface area (Å²) in [5, 5.41) is 2.88. The number of halogens is 1. The predicted molar refractivity (Wildman–Crippen MR) is 143 cm³/mol. The Morgan fingerprint density at radius 2 is 1.41 bits per heavy atom. The first-order valence-corrected chi connectivity index (χ1v) is 13.8. The molecule has 0 saturated carbocycles. The molecule has 0 saturated heterocycles. The molecular formula is C28H32FN3O4S. The van der Waals surface area contributed by atoms with Crippen molar-refractivity contribution in [3.05, 3.63) is 102 Å². The molecule has 37 heavy (non-hydrogen) atoms. The van der Waals surface area contributed by atoms with E-state index in [2.05, 4.69) is 5.32 Å². The highest BCUT2D eigenvalue weighted by Crippen LogP contribution is 2.23. The van der Waals surface area contributed by atoms with Gasteiger partial charge in [0.2, 0.25) is 21.8 Å². The van der Waals surface area contributed by atoms with Gasteiger partial charge in [-0.1, -0.05) is 72.8 Å². The number of nitrogens with zero attached hydrogens (tertiary/aromatic N) is 2. The molecule has 0 aliphatic carbocycles. The summed E-state index contributed by atoms with van der Waals surface area (Å²) in [5.41, 5.74) is 1.37. The summed E-state index contributed by atoms with van der Waals surface area (Å²) >= 11 is 0. The zero-order valence-corrected chi connectivity index (χ0v) is 22.0. The Balaban J connectivity index is 2.04. The minimum absolute atomic E-state index is 0.0670. The van der Waals surface area contributed by atoms with Crippen molar-refractivity contribution in [3.8, 4) is 0 Å². The third-order valence-corrected chi connectivity index (χ3v) is 6.82. The smallest absolute Gasteiger partial charge is 0.244 e. The Morgan fingerprint density at radius 3 is 1.95 bits per heavy atom. The topological polar surface area (TPSA) is 86.8 Å². The number of benzene rings is 3. The highest BCUT2D eigenvalue weighted by molar-refractivity contribution is 7.92. The minimum Gasteiger partial charge on any atom is -0.352 e. The van der Waals surface area contributed by atoms with Gasteiger partial charge in [0.15, 0.2) is 0 Å². The molecule has 196 valence electrons. The van der Waals surface area contributed by atoms with E-state index in [0.29, 0.717) is 0 Å². The molecule has 9 heteroatoms. The molecule has 0 fully saturated rings. The van der Waals surface area contributed by atoms with E-state index in [9.17, 15) is 22.4 Å². The van der Waals surface area contributed by atoms with Gasteiger partial charge in [0.1, 0.15) is 18.4 Å². The maximum absolute atomic E-state index is 14.6. The molecule has 0 bridgehead atoms. The number of amides is 2. The molecule has 0 radical (unpaired) electrons. The zero-order valence-electron chi connectivity index (χ0n) is 21.2. The Hall–Kier alpha value is -3.72. The van der Waals surface area contributed by atoms with Gasteiger partial charge < -0.3 is 10.2 Å². The number of rotatable bonds is 11. The lowest BCUT2D eigenvalue weighted by Crippen LogP contribution is -2.54. The second kappa shape index (κ2) is 12.5. The molecule has 0 spiro atoms. The van der Waals surface area contributed by atoms with Crippen molar-refractivity contribution in [3.63, 3.8) is 0 Å². The van der Waals surface area contributed by atoms with Crippen LogP contribution in [-0.4, -0.2) is 50.0 Å². The number of carbonyl (C=O) groups excluding carboxylic acids is 2. The predicted octanol–water partition coefficient (Wildman–Crippen LogP) is 3.76. The van der Waals surface area contributed by atoms with Gasteiger partial charge in [0.05, 0.1) is 11.9 Å². The summed E-state index contributed by atoms with van der Waals surface area (Å²) in [5.74, 6) is -1.76. The van der Waals surface area contributed by atoms with Crippen LogP contribution in [0.15, 0.2) is 84.9 Å². The van der Waals surface area contributed by atoms with E-state index < -0.39 is 34.3 Å². The van der Waals surface area contributed by atoms with E-state index >= 15 is 0 Å². The van der Waals surface area contributed by atoms with Crippen LogP contribution in [-0.2, 0) is 32.6 Å². The van der Waals surface area contributed by atoms with Crippen molar-refractivity contribution in [1.82, 2.24) is 10.2 Å². The van der Waals surface area contributed by atoms with Gasteiger partial charge in [-0.15, -0.1) is 0 Å². The first-order chi connectivity index (χ1) is 17.6. The third kappa shape index (κ3) is 7.88. The van der Waals surface area contributed by atoms with E-state index in [-0.39, 0.29) is 30.6 Å². The van der Waals surface area contributed by atoms with Gasteiger partial charge in [-0.2, -0.15) is 0 Å². The largest absolute Gasteiger partial charge is 0.352 e. The first kappa shape index (κ1) is 27.9.